The molecule has 0 saturated heterocycles. The van der Waals surface area contributed by atoms with E-state index < -0.39 is 10.0 Å². The van der Waals surface area contributed by atoms with Gasteiger partial charge in [0.2, 0.25) is 0 Å². The normalized spacial score (nSPS) is 12.0. The van der Waals surface area contributed by atoms with Crippen molar-refractivity contribution in [2.75, 3.05) is 0 Å². The molecule has 0 amide bonds. The first-order chi connectivity index (χ1) is 13.0. The van der Waals surface area contributed by atoms with Gasteiger partial charge in [-0.1, -0.05) is 72.3 Å². The summed E-state index contributed by atoms with van der Waals surface area (Å²) in [4.78, 5) is 3.81. The molecule has 0 spiro atoms. The molecule has 0 aromatic heterocycles. The third-order valence-electron chi connectivity index (χ3n) is 4.45. The van der Waals surface area contributed by atoms with Crippen LogP contribution in [0.5, 0.6) is 0 Å². The molecule has 4 rings (SSSR count). The van der Waals surface area contributed by atoms with E-state index in [1.54, 1.807) is 30.3 Å². The second-order valence-corrected chi connectivity index (χ2v) is 7.91. The predicted molar refractivity (Wildman–Crippen MR) is 109 cm³/mol. The molecule has 6 heteroatoms. The van der Waals surface area contributed by atoms with Gasteiger partial charge < -0.3 is 9.93 Å². The van der Waals surface area contributed by atoms with Crippen LogP contribution in [0.25, 0.3) is 26.4 Å². The number of fused-ring (bicyclic) bond motifs is 3. The van der Waals surface area contributed by atoms with Crippen LogP contribution in [0.4, 0.5) is 0 Å². The molecule has 4 aromatic rings. The van der Waals surface area contributed by atoms with Gasteiger partial charge in [-0.3, -0.25) is 0 Å². The Morgan fingerprint density at radius 3 is 2.11 bits per heavy atom. The van der Waals surface area contributed by atoms with E-state index in [2.05, 4.69) is 9.93 Å². The van der Waals surface area contributed by atoms with Crippen molar-refractivity contribution >= 4 is 31.6 Å². The van der Waals surface area contributed by atoms with Crippen LogP contribution in [-0.2, 0) is 10.0 Å². The summed E-state index contributed by atoms with van der Waals surface area (Å²) in [6.07, 6.45) is 0. The van der Waals surface area contributed by atoms with E-state index in [1.807, 2.05) is 61.5 Å². The molecule has 134 valence electrons. The number of rotatable bonds is 3. The van der Waals surface area contributed by atoms with Crippen molar-refractivity contribution in [3.8, 4) is 0 Å². The summed E-state index contributed by atoms with van der Waals surface area (Å²) in [5.74, 6) is 0. The molecule has 4 nitrogen and oxygen atoms in total. The molecular weight excluding hydrogens is 379 g/mol. The fourth-order valence-corrected chi connectivity index (χ4v) is 3.80. The second kappa shape index (κ2) is 8.45. The molecule has 0 bridgehead atoms. The van der Waals surface area contributed by atoms with E-state index in [0.717, 1.165) is 27.1 Å². The van der Waals surface area contributed by atoms with Crippen molar-refractivity contribution in [2.45, 2.75) is 11.8 Å². The summed E-state index contributed by atoms with van der Waals surface area (Å²) in [5, 5.41) is 8.65. The molecule has 0 unspecified atom stereocenters. The molecule has 4 aromatic carbocycles. The van der Waals surface area contributed by atoms with Crippen LogP contribution in [0.2, 0.25) is 0 Å². The van der Waals surface area contributed by atoms with Crippen molar-refractivity contribution in [2.24, 2.45) is 5.10 Å². The fourth-order valence-electron chi connectivity index (χ4n) is 3.03. The van der Waals surface area contributed by atoms with Crippen molar-refractivity contribution in [3.05, 3.63) is 101 Å². The van der Waals surface area contributed by atoms with Gasteiger partial charge in [0.05, 0.1) is 4.90 Å². The Morgan fingerprint density at radius 1 is 0.714 bits per heavy atom. The summed E-state index contributed by atoms with van der Waals surface area (Å²) in [7, 11) is -3.85. The minimum Gasteiger partial charge on any atom is -0.490 e. The van der Waals surface area contributed by atoms with E-state index in [9.17, 15) is 8.42 Å². The van der Waals surface area contributed by atoms with E-state index >= 15 is 0 Å². The van der Waals surface area contributed by atoms with Crippen molar-refractivity contribution in [3.63, 3.8) is 0 Å². The van der Waals surface area contributed by atoms with Crippen LogP contribution >= 0.6 is 0 Å². The maximum Gasteiger partial charge on any atom is 1.00 e. The zero-order chi connectivity index (χ0) is 18.9. The van der Waals surface area contributed by atoms with Crippen molar-refractivity contribution in [1.82, 2.24) is 0 Å². The van der Waals surface area contributed by atoms with Gasteiger partial charge in [0.15, 0.2) is 0 Å². The number of aryl methyl sites for hydroxylation is 1. The molecule has 0 atom stereocenters. The van der Waals surface area contributed by atoms with Gasteiger partial charge >= 0.3 is 29.6 Å². The van der Waals surface area contributed by atoms with Crippen molar-refractivity contribution in [1.29, 1.82) is 0 Å². The van der Waals surface area contributed by atoms with Gasteiger partial charge in [-0.25, -0.2) is 8.42 Å². The van der Waals surface area contributed by atoms with Gasteiger partial charge in [-0.2, -0.15) is 0 Å². The number of sulfonamides is 1. The Balaban J connectivity index is 0.00000225. The van der Waals surface area contributed by atoms with Crippen LogP contribution < -0.4 is 34.9 Å². The van der Waals surface area contributed by atoms with Gasteiger partial charge in [-0.15, -0.1) is 0 Å². The number of hydrogen-bond donors (Lipinski definition) is 0. The van der Waals surface area contributed by atoms with Crippen LogP contribution in [0.3, 0.4) is 0 Å². The minimum absolute atomic E-state index is 0. The van der Waals surface area contributed by atoms with E-state index in [4.69, 9.17) is 0 Å². The largest absolute Gasteiger partial charge is 1.00 e. The molecule has 0 aliphatic heterocycles. The summed E-state index contributed by atoms with van der Waals surface area (Å²) in [5.41, 5.74) is 0.985. The Morgan fingerprint density at radius 2 is 1.36 bits per heavy atom. The van der Waals surface area contributed by atoms with Gasteiger partial charge in [-0.05, 0) is 41.3 Å². The zero-order valence-electron chi connectivity index (χ0n) is 15.7. The third kappa shape index (κ3) is 4.13. The molecular formula is C22H17N2NaO2S. The van der Waals surface area contributed by atoms with Crippen LogP contribution in [0, 0.1) is 6.92 Å². The quantitative estimate of drug-likeness (QED) is 0.392. The van der Waals surface area contributed by atoms with Crippen LogP contribution in [0.15, 0.2) is 94.9 Å². The third-order valence-corrected chi connectivity index (χ3v) is 5.61. The smallest absolute Gasteiger partial charge is 0.490 e. The molecule has 0 radical (unpaired) electrons. The molecule has 0 N–H and O–H groups in total. The Hall–Kier alpha value is -2.18. The summed E-state index contributed by atoms with van der Waals surface area (Å²) >= 11 is 0. The van der Waals surface area contributed by atoms with Gasteiger partial charge in [0.25, 0.3) is 0 Å². The molecule has 0 heterocycles. The fraction of sp³-hybridized carbons (Fsp3) is 0.0455. The van der Waals surface area contributed by atoms with Gasteiger partial charge in [0.1, 0.15) is 10.0 Å². The van der Waals surface area contributed by atoms with Crippen molar-refractivity contribution < 1.29 is 38.0 Å². The SMILES string of the molecule is Cc1ccc(S(=O)(=O)[N-]/N=c2\ccccc3c2ccc2ccccc23)cc1.[Na+]. The van der Waals surface area contributed by atoms with E-state index in [0.29, 0.717) is 5.36 Å². The zero-order valence-corrected chi connectivity index (χ0v) is 18.5. The first kappa shape index (κ1) is 20.6. The molecule has 0 fully saturated rings. The Kier molecular flexibility index (Phi) is 6.20. The maximum atomic E-state index is 12.5. The van der Waals surface area contributed by atoms with Crippen LogP contribution in [0.1, 0.15) is 5.56 Å². The molecule has 0 aliphatic rings. The van der Waals surface area contributed by atoms with Crippen LogP contribution in [-0.4, -0.2) is 8.42 Å². The number of nitrogens with zero attached hydrogens (tertiary/aromatic N) is 2. The molecule has 0 aliphatic carbocycles. The maximum absolute atomic E-state index is 12.5. The molecule has 28 heavy (non-hydrogen) atoms. The van der Waals surface area contributed by atoms with Gasteiger partial charge in [0, 0.05) is 10.7 Å². The second-order valence-electron chi connectivity index (χ2n) is 6.32. The predicted octanol–water partition coefficient (Wildman–Crippen LogP) is 1.88. The summed E-state index contributed by atoms with van der Waals surface area (Å²) in [6, 6.07) is 26.1. The average Bonchev–Trinajstić information content (AvgIpc) is 2.89. The first-order valence-electron chi connectivity index (χ1n) is 8.53. The summed E-state index contributed by atoms with van der Waals surface area (Å²) in [6.45, 7) is 1.90. The van der Waals surface area contributed by atoms with E-state index in [-0.39, 0.29) is 34.5 Å². The van der Waals surface area contributed by atoms with E-state index in [1.165, 1.54) is 0 Å². The Bertz CT molecular complexity index is 1320. The monoisotopic (exact) mass is 396 g/mol. The number of hydrogen-bond acceptors (Lipinski definition) is 3. The standard InChI is InChI=1S/C22H17N2O2S.Na/c1-16-10-13-18(14-11-16)27(25,26)24-23-22-9-5-4-8-20-19-7-3-2-6-17(19)12-15-21(20)22;/h2-15H,1H3;/q-1;+1/b23-22+;. The first-order valence-corrected chi connectivity index (χ1v) is 9.97. The Labute approximate surface area is 186 Å². The average molecular weight is 396 g/mol. The molecule has 0 saturated carbocycles. The number of benzene rings is 3. The topological polar surface area (TPSA) is 60.6 Å². The minimum atomic E-state index is -3.85. The summed E-state index contributed by atoms with van der Waals surface area (Å²) < 4.78 is 25.0.